The van der Waals surface area contributed by atoms with Gasteiger partial charge in [-0.3, -0.25) is 9.97 Å². The molecule has 1 saturated carbocycles. The van der Waals surface area contributed by atoms with Gasteiger partial charge < -0.3 is 22.8 Å². The molecule has 0 amide bonds. The zero-order chi connectivity index (χ0) is 30.8. The summed E-state index contributed by atoms with van der Waals surface area (Å²) in [6.07, 6.45) is 4.31. The first-order valence-electron chi connectivity index (χ1n) is 15.7. The minimum absolute atomic E-state index is 0. The monoisotopic (exact) mass is 813 g/mol. The first kappa shape index (κ1) is 30.9. The van der Waals surface area contributed by atoms with E-state index in [0.717, 1.165) is 26.9 Å². The standard InChI is InChI=1S/C33H29N4Si.C6H6S.Pt/c1-32(2)23-18-19-33(32,3)31-29(23)30(36-37-31)24-13-10-17-28(35-24)38(27-16-8-9-20-34-27)25-14-6-4-11-21(25)22-12-5-7-15-26(22)38;7-6-4-2-1-3-5-6;/h4-17,20,23H,18-19H2,1-3H3;1-5,7H;/q-1;;+2/p-1. The minimum atomic E-state index is -2.73. The normalized spacial score (nSPS) is 20.5. The minimum Gasteiger partial charge on any atom is -0.780 e. The van der Waals surface area contributed by atoms with Crippen LogP contribution in [0.15, 0.2) is 126 Å². The summed E-state index contributed by atoms with van der Waals surface area (Å²) in [5.74, 6) is 0.480. The summed E-state index contributed by atoms with van der Waals surface area (Å²) < 4.78 is 0. The third-order valence-corrected chi connectivity index (χ3v) is 15.8. The number of rotatable bonds is 3. The van der Waals surface area contributed by atoms with Gasteiger partial charge in [0, 0.05) is 33.6 Å². The second kappa shape index (κ2) is 11.5. The van der Waals surface area contributed by atoms with Crippen LogP contribution in [0.3, 0.4) is 0 Å². The number of hydrogen-bond donors (Lipinski definition) is 0. The Morgan fingerprint density at radius 3 is 2.00 bits per heavy atom. The molecule has 4 nitrogen and oxygen atoms in total. The van der Waals surface area contributed by atoms with Crippen molar-refractivity contribution in [1.82, 2.24) is 20.2 Å². The molecule has 4 heterocycles. The van der Waals surface area contributed by atoms with Crippen LogP contribution in [0.25, 0.3) is 22.5 Å². The fourth-order valence-corrected chi connectivity index (χ4v) is 13.4. The molecule has 2 bridgehead atoms. The Morgan fingerprint density at radius 1 is 0.739 bits per heavy atom. The van der Waals surface area contributed by atoms with Crippen molar-refractivity contribution < 1.29 is 21.1 Å². The van der Waals surface area contributed by atoms with E-state index < -0.39 is 8.07 Å². The van der Waals surface area contributed by atoms with Gasteiger partial charge in [0.15, 0.2) is 0 Å². The van der Waals surface area contributed by atoms with Crippen molar-refractivity contribution in [3.8, 4) is 22.5 Å². The second-order valence-electron chi connectivity index (χ2n) is 13.2. The van der Waals surface area contributed by atoms with Crippen LogP contribution in [-0.2, 0) is 39.1 Å². The third kappa shape index (κ3) is 4.30. The topological polar surface area (TPSA) is 52.8 Å². The van der Waals surface area contributed by atoms with E-state index in [1.807, 2.05) is 42.6 Å². The largest absolute Gasteiger partial charge is 2.00 e. The van der Waals surface area contributed by atoms with E-state index in [2.05, 4.69) is 99.6 Å². The molecule has 0 spiro atoms. The molecule has 0 N–H and O–H groups in total. The molecule has 1 aliphatic heterocycles. The van der Waals surface area contributed by atoms with Gasteiger partial charge in [-0.25, -0.2) is 0 Å². The third-order valence-electron chi connectivity index (χ3n) is 11.0. The van der Waals surface area contributed by atoms with Crippen molar-refractivity contribution in [3.05, 3.63) is 133 Å². The maximum Gasteiger partial charge on any atom is 2.00 e. The average molecular weight is 814 g/mol. The molecule has 2 aliphatic carbocycles. The first-order valence-corrected chi connectivity index (χ1v) is 18.1. The van der Waals surface area contributed by atoms with Gasteiger partial charge in [0.05, 0.1) is 0 Å². The van der Waals surface area contributed by atoms with E-state index in [0.29, 0.717) is 5.92 Å². The van der Waals surface area contributed by atoms with E-state index in [-0.39, 0.29) is 31.9 Å². The van der Waals surface area contributed by atoms with Gasteiger partial charge in [0.25, 0.3) is 0 Å². The maximum absolute atomic E-state index is 5.49. The van der Waals surface area contributed by atoms with Gasteiger partial charge in [0.1, 0.15) is 0 Å². The Hall–Kier alpha value is -3.70. The summed E-state index contributed by atoms with van der Waals surface area (Å²) in [7, 11) is -2.73. The molecule has 6 aromatic rings. The predicted octanol–water partition coefficient (Wildman–Crippen LogP) is 5.62. The SMILES string of the molecule is CC12CCC(c3c1n[n-]c3-c1cccc([Si]3(c4ccccn4)c4ccccc4-c4ccccc43)n1)C2(C)C.[Pt+2].[S-]c1ccccc1. The van der Waals surface area contributed by atoms with E-state index in [1.54, 1.807) is 0 Å². The first-order chi connectivity index (χ1) is 21.9. The Bertz CT molecular complexity index is 2000. The molecule has 3 aliphatic rings. The maximum atomic E-state index is 5.49. The van der Waals surface area contributed by atoms with E-state index in [4.69, 9.17) is 32.8 Å². The molecule has 2 atom stereocenters. The van der Waals surface area contributed by atoms with Crippen LogP contribution in [0.5, 0.6) is 0 Å². The Kier molecular flexibility index (Phi) is 7.74. The Labute approximate surface area is 291 Å². The number of hydrogen-bond acceptors (Lipinski definition) is 4. The fourth-order valence-electron chi connectivity index (χ4n) is 8.37. The summed E-state index contributed by atoms with van der Waals surface area (Å²) in [5.41, 5.74) is 7.34. The van der Waals surface area contributed by atoms with Crippen LogP contribution in [0, 0.1) is 5.41 Å². The van der Waals surface area contributed by atoms with Crippen molar-refractivity contribution in [2.45, 2.75) is 49.8 Å². The zero-order valence-corrected chi connectivity index (χ0v) is 30.1. The molecule has 1 fully saturated rings. The summed E-state index contributed by atoms with van der Waals surface area (Å²) >= 11 is 4.81. The van der Waals surface area contributed by atoms with E-state index in [1.165, 1.54) is 45.6 Å². The quantitative estimate of drug-likeness (QED) is 0.172. The van der Waals surface area contributed by atoms with Gasteiger partial charge in [-0.05, 0) is 75.5 Å². The van der Waals surface area contributed by atoms with E-state index >= 15 is 0 Å². The molecule has 3 aromatic heterocycles. The van der Waals surface area contributed by atoms with Gasteiger partial charge in [-0.2, -0.15) is 4.90 Å². The van der Waals surface area contributed by atoms with Gasteiger partial charge in [0.2, 0.25) is 8.07 Å². The molecule has 7 heteroatoms. The van der Waals surface area contributed by atoms with Crippen LogP contribution < -0.4 is 26.1 Å². The second-order valence-corrected chi connectivity index (χ2v) is 17.3. The average Bonchev–Trinajstić information content (AvgIpc) is 3.76. The van der Waals surface area contributed by atoms with Crippen molar-refractivity contribution >= 4 is 41.7 Å². The predicted molar refractivity (Wildman–Crippen MR) is 186 cm³/mol. The van der Waals surface area contributed by atoms with Crippen molar-refractivity contribution in [2.75, 3.05) is 0 Å². The number of aromatic nitrogens is 4. The van der Waals surface area contributed by atoms with Crippen LogP contribution in [0.2, 0.25) is 0 Å². The van der Waals surface area contributed by atoms with Crippen molar-refractivity contribution in [1.29, 1.82) is 0 Å². The molecule has 0 radical (unpaired) electrons. The summed E-state index contributed by atoms with van der Waals surface area (Å²) in [6.45, 7) is 7.21. The van der Waals surface area contributed by atoms with Crippen molar-refractivity contribution in [3.63, 3.8) is 0 Å². The smallest absolute Gasteiger partial charge is 0.780 e. The van der Waals surface area contributed by atoms with Gasteiger partial charge >= 0.3 is 21.1 Å². The van der Waals surface area contributed by atoms with Crippen LogP contribution in [0.1, 0.15) is 50.8 Å². The summed E-state index contributed by atoms with van der Waals surface area (Å²) in [4.78, 5) is 11.4. The van der Waals surface area contributed by atoms with Crippen LogP contribution >= 0.6 is 0 Å². The van der Waals surface area contributed by atoms with Gasteiger partial charge in [-0.15, -0.1) is 0 Å². The number of benzene rings is 3. The number of pyridine rings is 2. The van der Waals surface area contributed by atoms with Gasteiger partial charge in [-0.1, -0.05) is 117 Å². The molecule has 3 aromatic carbocycles. The molecule has 230 valence electrons. The summed E-state index contributed by atoms with van der Waals surface area (Å²) in [5, 5.41) is 14.5. The molecule has 0 saturated heterocycles. The number of fused-ring (bicyclic) bond motifs is 8. The van der Waals surface area contributed by atoms with Crippen LogP contribution in [-0.4, -0.2) is 23.1 Å². The fraction of sp³-hybridized carbons (Fsp3) is 0.205. The van der Waals surface area contributed by atoms with Crippen molar-refractivity contribution in [2.24, 2.45) is 5.41 Å². The van der Waals surface area contributed by atoms with E-state index in [9.17, 15) is 0 Å². The molecular formula is C39H34N4PtSSi. The Balaban J connectivity index is 0.000000377. The molecule has 46 heavy (non-hydrogen) atoms. The van der Waals surface area contributed by atoms with Crippen LogP contribution in [0.4, 0.5) is 0 Å². The zero-order valence-electron chi connectivity index (χ0n) is 26.1. The number of nitrogens with zero attached hydrogens (tertiary/aromatic N) is 4. The molecule has 2 unspecified atom stereocenters. The molecule has 9 rings (SSSR count). The Morgan fingerprint density at radius 2 is 1.37 bits per heavy atom. The molecular weight excluding hydrogens is 780 g/mol. The summed E-state index contributed by atoms with van der Waals surface area (Å²) in [6, 6.07) is 40.2.